The highest BCUT2D eigenvalue weighted by Crippen LogP contribution is 2.40. The van der Waals surface area contributed by atoms with E-state index in [-0.39, 0.29) is 16.7 Å². The van der Waals surface area contributed by atoms with E-state index >= 15 is 0 Å². The van der Waals surface area contributed by atoms with Crippen molar-refractivity contribution in [3.8, 4) is 5.75 Å². The second-order valence-electron chi connectivity index (χ2n) is 6.96. The van der Waals surface area contributed by atoms with Crippen molar-refractivity contribution >= 4 is 43.2 Å². The summed E-state index contributed by atoms with van der Waals surface area (Å²) in [5.41, 5.74) is 2.05. The van der Waals surface area contributed by atoms with Crippen LogP contribution in [-0.2, 0) is 21.2 Å². The molecular formula is C20H21BrN2O4S. The van der Waals surface area contributed by atoms with Crippen LogP contribution in [0.4, 0.5) is 11.4 Å². The number of sulfonamides is 1. The molecule has 4 rings (SSSR count). The average molecular weight is 465 g/mol. The van der Waals surface area contributed by atoms with Gasteiger partial charge in [-0.25, -0.2) is 8.42 Å². The van der Waals surface area contributed by atoms with E-state index in [9.17, 15) is 13.2 Å². The fraction of sp³-hybridized carbons (Fsp3) is 0.350. The normalized spacial score (nSPS) is 16.0. The van der Waals surface area contributed by atoms with Crippen LogP contribution in [0.5, 0.6) is 5.75 Å². The van der Waals surface area contributed by atoms with Gasteiger partial charge in [0, 0.05) is 22.6 Å². The first kappa shape index (κ1) is 19.3. The number of carbonyl (C=O) groups is 1. The van der Waals surface area contributed by atoms with Crippen LogP contribution in [0.15, 0.2) is 45.8 Å². The van der Waals surface area contributed by atoms with Crippen molar-refractivity contribution in [2.24, 2.45) is 5.92 Å². The Labute approximate surface area is 173 Å². The summed E-state index contributed by atoms with van der Waals surface area (Å²) in [5, 5.41) is 0. The number of rotatable bonds is 6. The molecule has 1 heterocycles. The summed E-state index contributed by atoms with van der Waals surface area (Å²) in [6.45, 7) is 2.87. The number of benzene rings is 2. The molecule has 0 saturated heterocycles. The first-order valence-corrected chi connectivity index (χ1v) is 11.6. The van der Waals surface area contributed by atoms with Crippen molar-refractivity contribution in [2.75, 3.05) is 22.8 Å². The molecule has 1 amide bonds. The van der Waals surface area contributed by atoms with E-state index in [4.69, 9.17) is 4.74 Å². The standard InChI is InChI=1S/C20H21BrN2O4S/c1-2-27-18-6-4-3-5-16(18)22-28(25,26)19-12-17-14(11-15(19)21)9-10-23(17)20(24)13-7-8-13/h3-6,11-13,22H,2,7-10H2,1H3. The summed E-state index contributed by atoms with van der Waals surface area (Å²) in [7, 11) is -3.87. The van der Waals surface area contributed by atoms with E-state index in [0.29, 0.717) is 34.7 Å². The predicted octanol–water partition coefficient (Wildman–Crippen LogP) is 3.95. The molecule has 8 heteroatoms. The lowest BCUT2D eigenvalue weighted by molar-refractivity contribution is -0.119. The van der Waals surface area contributed by atoms with Crippen LogP contribution in [0.25, 0.3) is 0 Å². The van der Waals surface area contributed by atoms with Crippen LogP contribution in [0.3, 0.4) is 0 Å². The molecule has 2 aromatic rings. The van der Waals surface area contributed by atoms with Gasteiger partial charge < -0.3 is 9.64 Å². The Kier molecular flexibility index (Phi) is 5.09. The molecule has 148 valence electrons. The van der Waals surface area contributed by atoms with Gasteiger partial charge in [0.1, 0.15) is 10.6 Å². The zero-order valence-electron chi connectivity index (χ0n) is 15.4. The highest BCUT2D eigenvalue weighted by Gasteiger charge is 2.37. The van der Waals surface area contributed by atoms with Crippen LogP contribution in [-0.4, -0.2) is 27.5 Å². The second kappa shape index (κ2) is 7.40. The van der Waals surface area contributed by atoms with Crippen LogP contribution < -0.4 is 14.4 Å². The SMILES string of the molecule is CCOc1ccccc1NS(=O)(=O)c1cc2c(cc1Br)CCN2C(=O)C1CC1. The van der Waals surface area contributed by atoms with Crippen LogP contribution in [0, 0.1) is 5.92 Å². The van der Waals surface area contributed by atoms with Crippen LogP contribution in [0.2, 0.25) is 0 Å². The second-order valence-corrected chi connectivity index (χ2v) is 9.47. The van der Waals surface area contributed by atoms with Crippen LogP contribution in [0.1, 0.15) is 25.3 Å². The monoisotopic (exact) mass is 464 g/mol. The molecule has 0 radical (unpaired) electrons. The van der Waals surface area contributed by atoms with E-state index in [1.807, 2.05) is 6.92 Å². The Balaban J connectivity index is 1.69. The Morgan fingerprint density at radius 2 is 2.04 bits per heavy atom. The summed E-state index contributed by atoms with van der Waals surface area (Å²) in [6.07, 6.45) is 2.57. The summed E-state index contributed by atoms with van der Waals surface area (Å²) >= 11 is 3.39. The number of hydrogen-bond acceptors (Lipinski definition) is 4. The first-order valence-electron chi connectivity index (χ1n) is 9.29. The summed E-state index contributed by atoms with van der Waals surface area (Å²) in [6, 6.07) is 10.3. The number of para-hydroxylation sites is 2. The molecule has 1 fully saturated rings. The predicted molar refractivity (Wildman–Crippen MR) is 111 cm³/mol. The molecule has 28 heavy (non-hydrogen) atoms. The maximum atomic E-state index is 13.1. The minimum Gasteiger partial charge on any atom is -0.492 e. The molecule has 2 aliphatic rings. The van der Waals surface area contributed by atoms with Crippen molar-refractivity contribution in [1.82, 2.24) is 0 Å². The third-order valence-corrected chi connectivity index (χ3v) is 7.27. The summed E-state index contributed by atoms with van der Waals surface area (Å²) < 4.78 is 34.8. The van der Waals surface area contributed by atoms with Crippen molar-refractivity contribution in [2.45, 2.75) is 31.1 Å². The molecule has 1 aliphatic carbocycles. The Morgan fingerprint density at radius 1 is 1.29 bits per heavy atom. The molecule has 1 saturated carbocycles. The number of halogens is 1. The van der Waals surface area contributed by atoms with Crippen LogP contribution >= 0.6 is 15.9 Å². The molecule has 0 aromatic heterocycles. The van der Waals surface area contributed by atoms with Gasteiger partial charge in [-0.2, -0.15) is 0 Å². The fourth-order valence-electron chi connectivity index (χ4n) is 3.41. The number of nitrogens with zero attached hydrogens (tertiary/aromatic N) is 1. The molecule has 0 spiro atoms. The van der Waals surface area contributed by atoms with Gasteiger partial charge in [0.05, 0.1) is 12.3 Å². The zero-order valence-corrected chi connectivity index (χ0v) is 17.8. The number of anilines is 2. The zero-order chi connectivity index (χ0) is 19.9. The Bertz CT molecular complexity index is 1030. The van der Waals surface area contributed by atoms with E-state index in [2.05, 4.69) is 20.7 Å². The third kappa shape index (κ3) is 3.63. The quantitative estimate of drug-likeness (QED) is 0.701. The minimum atomic E-state index is -3.87. The number of amides is 1. The Hall–Kier alpha value is -2.06. The number of nitrogens with one attached hydrogen (secondary N) is 1. The highest BCUT2D eigenvalue weighted by molar-refractivity contribution is 9.10. The topological polar surface area (TPSA) is 75.7 Å². The number of fused-ring (bicyclic) bond motifs is 1. The maximum Gasteiger partial charge on any atom is 0.263 e. The van der Waals surface area contributed by atoms with Gasteiger partial charge in [-0.1, -0.05) is 12.1 Å². The molecule has 6 nitrogen and oxygen atoms in total. The van der Waals surface area contributed by atoms with Gasteiger partial charge in [-0.15, -0.1) is 0 Å². The van der Waals surface area contributed by atoms with Gasteiger partial charge in [0.2, 0.25) is 5.91 Å². The van der Waals surface area contributed by atoms with Crippen molar-refractivity contribution in [3.63, 3.8) is 0 Å². The van der Waals surface area contributed by atoms with Gasteiger partial charge >= 0.3 is 0 Å². The molecule has 1 N–H and O–H groups in total. The van der Waals surface area contributed by atoms with E-state index < -0.39 is 10.0 Å². The molecule has 0 unspecified atom stereocenters. The maximum absolute atomic E-state index is 13.1. The van der Waals surface area contributed by atoms with Crippen molar-refractivity contribution in [1.29, 1.82) is 0 Å². The van der Waals surface area contributed by atoms with E-state index in [1.165, 1.54) is 0 Å². The number of hydrogen-bond donors (Lipinski definition) is 1. The van der Waals surface area contributed by atoms with E-state index in [0.717, 1.165) is 24.8 Å². The molecule has 0 atom stereocenters. The van der Waals surface area contributed by atoms with Crippen molar-refractivity contribution in [3.05, 3.63) is 46.4 Å². The largest absolute Gasteiger partial charge is 0.492 e. The molecule has 1 aliphatic heterocycles. The third-order valence-electron chi connectivity index (χ3n) is 4.94. The molecular weight excluding hydrogens is 444 g/mol. The van der Waals surface area contributed by atoms with Gasteiger partial charge in [-0.3, -0.25) is 9.52 Å². The van der Waals surface area contributed by atoms with Gasteiger partial charge in [0.15, 0.2) is 0 Å². The van der Waals surface area contributed by atoms with Gasteiger partial charge in [-0.05, 0) is 71.9 Å². The lowest BCUT2D eigenvalue weighted by Gasteiger charge is -2.19. The Morgan fingerprint density at radius 3 is 2.75 bits per heavy atom. The first-order chi connectivity index (χ1) is 13.4. The molecule has 2 aromatic carbocycles. The lowest BCUT2D eigenvalue weighted by Crippen LogP contribution is -2.30. The minimum absolute atomic E-state index is 0.0887. The summed E-state index contributed by atoms with van der Waals surface area (Å²) in [5.74, 6) is 0.654. The summed E-state index contributed by atoms with van der Waals surface area (Å²) in [4.78, 5) is 14.4. The lowest BCUT2D eigenvalue weighted by atomic mass is 10.2. The van der Waals surface area contributed by atoms with Gasteiger partial charge in [0.25, 0.3) is 10.0 Å². The number of ether oxygens (including phenoxy) is 1. The van der Waals surface area contributed by atoms with E-state index in [1.54, 1.807) is 41.3 Å². The fourth-order valence-corrected chi connectivity index (χ4v) is 5.59. The van der Waals surface area contributed by atoms with Crippen molar-refractivity contribution < 1.29 is 17.9 Å². The molecule has 0 bridgehead atoms. The smallest absolute Gasteiger partial charge is 0.263 e. The average Bonchev–Trinajstić information content (AvgIpc) is 3.42. The highest BCUT2D eigenvalue weighted by atomic mass is 79.9. The number of carbonyl (C=O) groups excluding carboxylic acids is 1.